The van der Waals surface area contributed by atoms with E-state index in [1.54, 1.807) is 19.2 Å². The average molecular weight is 337 g/mol. The molecular formula is C19H23N5O. The smallest absolute Gasteiger partial charge is 0.229 e. The van der Waals surface area contributed by atoms with E-state index in [0.717, 1.165) is 49.6 Å². The summed E-state index contributed by atoms with van der Waals surface area (Å²) in [6.07, 6.45) is 3.20. The highest BCUT2D eigenvalue weighted by molar-refractivity contribution is 5.58. The van der Waals surface area contributed by atoms with E-state index in [4.69, 9.17) is 10.00 Å². The Hall–Kier alpha value is -2.65. The number of hydrogen-bond donors (Lipinski definition) is 1. The highest BCUT2D eigenvalue weighted by atomic mass is 16.5. The van der Waals surface area contributed by atoms with Gasteiger partial charge in [-0.1, -0.05) is 19.4 Å². The monoisotopic (exact) mass is 337 g/mol. The highest BCUT2D eigenvalue weighted by Crippen LogP contribution is 2.23. The van der Waals surface area contributed by atoms with Crippen molar-refractivity contribution in [2.24, 2.45) is 0 Å². The lowest BCUT2D eigenvalue weighted by Gasteiger charge is -2.19. The van der Waals surface area contributed by atoms with E-state index in [2.05, 4.69) is 39.2 Å². The molecule has 0 aliphatic carbocycles. The largest absolute Gasteiger partial charge is 0.380 e. The predicted molar refractivity (Wildman–Crippen MR) is 98.1 cm³/mol. The fourth-order valence-corrected chi connectivity index (χ4v) is 3.01. The predicted octanol–water partition coefficient (Wildman–Crippen LogP) is 3.27. The molecule has 2 aromatic rings. The molecule has 130 valence electrons. The van der Waals surface area contributed by atoms with Crippen molar-refractivity contribution < 1.29 is 4.74 Å². The van der Waals surface area contributed by atoms with Gasteiger partial charge in [0.1, 0.15) is 5.82 Å². The van der Waals surface area contributed by atoms with Crippen molar-refractivity contribution in [2.45, 2.75) is 32.3 Å². The topological polar surface area (TPSA) is 74.1 Å². The Bertz CT molecular complexity index is 771. The number of nitrogens with one attached hydrogen (secondary N) is 1. The van der Waals surface area contributed by atoms with Crippen molar-refractivity contribution in [3.63, 3.8) is 0 Å². The van der Waals surface area contributed by atoms with E-state index in [1.165, 1.54) is 0 Å². The van der Waals surface area contributed by atoms with E-state index in [0.29, 0.717) is 11.5 Å². The molecule has 0 unspecified atom stereocenters. The second-order valence-corrected chi connectivity index (χ2v) is 6.20. The molecular weight excluding hydrogens is 314 g/mol. The second kappa shape index (κ2) is 7.95. The summed E-state index contributed by atoms with van der Waals surface area (Å²) in [6.45, 7) is 3.93. The molecule has 0 bridgehead atoms. The first-order chi connectivity index (χ1) is 12.2. The molecule has 0 spiro atoms. The number of aryl methyl sites for hydroxylation is 1. The molecule has 1 N–H and O–H groups in total. The van der Waals surface area contributed by atoms with Crippen LogP contribution in [0.1, 0.15) is 31.0 Å². The number of hydrogen-bond acceptors (Lipinski definition) is 6. The van der Waals surface area contributed by atoms with Crippen LogP contribution in [0.3, 0.4) is 0 Å². The molecule has 1 saturated heterocycles. The molecule has 1 aliphatic rings. The van der Waals surface area contributed by atoms with Crippen molar-refractivity contribution in [3.05, 3.63) is 41.6 Å². The summed E-state index contributed by atoms with van der Waals surface area (Å²) in [7, 11) is 1.76. The lowest BCUT2D eigenvalue weighted by molar-refractivity contribution is 0.121. The molecule has 0 radical (unpaired) electrons. The fraction of sp³-hybridized carbons (Fsp3) is 0.421. The van der Waals surface area contributed by atoms with Crippen molar-refractivity contribution in [1.82, 2.24) is 9.97 Å². The SMILES string of the molecule is CCCc1cc(N2CC[C@H](OC)C2)nc(Nc2cccc(C#N)c2)n1. The standard InChI is InChI=1S/C19H23N5O/c1-3-5-15-11-18(24-9-8-17(13-24)25-2)23-19(21-15)22-16-7-4-6-14(10-16)12-20/h4,6-7,10-11,17H,3,5,8-9,13H2,1-2H3,(H,21,22,23)/t17-/m0/s1. The summed E-state index contributed by atoms with van der Waals surface area (Å²) < 4.78 is 5.46. The Morgan fingerprint density at radius 2 is 2.24 bits per heavy atom. The van der Waals surface area contributed by atoms with E-state index in [9.17, 15) is 0 Å². The van der Waals surface area contributed by atoms with Gasteiger partial charge in [-0.3, -0.25) is 0 Å². The summed E-state index contributed by atoms with van der Waals surface area (Å²) in [5, 5.41) is 12.3. The van der Waals surface area contributed by atoms with E-state index < -0.39 is 0 Å². The van der Waals surface area contributed by atoms with Gasteiger partial charge in [-0.15, -0.1) is 0 Å². The summed E-state index contributed by atoms with van der Waals surface area (Å²) >= 11 is 0. The number of methoxy groups -OCH3 is 1. The Kier molecular flexibility index (Phi) is 5.46. The number of nitriles is 1. The fourth-order valence-electron chi connectivity index (χ4n) is 3.01. The Morgan fingerprint density at radius 1 is 1.36 bits per heavy atom. The summed E-state index contributed by atoms with van der Waals surface area (Å²) in [4.78, 5) is 11.5. The van der Waals surface area contributed by atoms with Gasteiger partial charge in [0.25, 0.3) is 0 Å². The first-order valence-electron chi connectivity index (χ1n) is 8.64. The molecule has 6 nitrogen and oxygen atoms in total. The Balaban J connectivity index is 1.86. The van der Waals surface area contributed by atoms with Crippen LogP contribution in [0, 0.1) is 11.3 Å². The van der Waals surface area contributed by atoms with Gasteiger partial charge in [0.05, 0.1) is 17.7 Å². The van der Waals surface area contributed by atoms with Gasteiger partial charge in [-0.05, 0) is 31.0 Å². The van der Waals surface area contributed by atoms with Gasteiger partial charge >= 0.3 is 0 Å². The van der Waals surface area contributed by atoms with Crippen LogP contribution in [0.15, 0.2) is 30.3 Å². The van der Waals surface area contributed by atoms with E-state index in [1.807, 2.05) is 12.1 Å². The molecule has 1 aliphatic heterocycles. The minimum atomic E-state index is 0.258. The molecule has 6 heteroatoms. The maximum atomic E-state index is 9.05. The van der Waals surface area contributed by atoms with Crippen LogP contribution in [0.4, 0.5) is 17.5 Å². The third kappa shape index (κ3) is 4.25. The Labute approximate surface area is 148 Å². The minimum absolute atomic E-state index is 0.258. The number of benzene rings is 1. The van der Waals surface area contributed by atoms with Crippen molar-refractivity contribution in [3.8, 4) is 6.07 Å². The van der Waals surface area contributed by atoms with Crippen molar-refractivity contribution >= 4 is 17.5 Å². The minimum Gasteiger partial charge on any atom is -0.380 e. The zero-order chi connectivity index (χ0) is 17.6. The number of ether oxygens (including phenoxy) is 1. The lowest BCUT2D eigenvalue weighted by Crippen LogP contribution is -2.23. The maximum Gasteiger partial charge on any atom is 0.229 e. The van der Waals surface area contributed by atoms with Crippen LogP contribution in [0.2, 0.25) is 0 Å². The maximum absolute atomic E-state index is 9.05. The summed E-state index contributed by atoms with van der Waals surface area (Å²) in [5.41, 5.74) is 2.44. The molecule has 1 aromatic carbocycles. The van der Waals surface area contributed by atoms with Crippen LogP contribution >= 0.6 is 0 Å². The normalized spacial score (nSPS) is 16.7. The van der Waals surface area contributed by atoms with Gasteiger partial charge in [0, 0.05) is 37.6 Å². The first-order valence-corrected chi connectivity index (χ1v) is 8.64. The summed E-state index contributed by atoms with van der Waals surface area (Å²) in [6, 6.07) is 11.6. The second-order valence-electron chi connectivity index (χ2n) is 6.20. The highest BCUT2D eigenvalue weighted by Gasteiger charge is 2.24. The van der Waals surface area contributed by atoms with Gasteiger partial charge in [0.15, 0.2) is 0 Å². The quantitative estimate of drug-likeness (QED) is 0.872. The van der Waals surface area contributed by atoms with Gasteiger partial charge in [0.2, 0.25) is 5.95 Å². The molecule has 1 atom stereocenters. The number of rotatable bonds is 6. The first kappa shape index (κ1) is 17.2. The average Bonchev–Trinajstić information content (AvgIpc) is 3.11. The molecule has 2 heterocycles. The third-order valence-corrected chi connectivity index (χ3v) is 4.32. The van der Waals surface area contributed by atoms with Gasteiger partial charge < -0.3 is 15.0 Å². The van der Waals surface area contributed by atoms with Gasteiger partial charge in [-0.25, -0.2) is 4.98 Å². The van der Waals surface area contributed by atoms with Crippen LogP contribution in [-0.2, 0) is 11.2 Å². The van der Waals surface area contributed by atoms with Crippen LogP contribution in [0.5, 0.6) is 0 Å². The van der Waals surface area contributed by atoms with Crippen LogP contribution in [0.25, 0.3) is 0 Å². The number of anilines is 3. The van der Waals surface area contributed by atoms with E-state index in [-0.39, 0.29) is 6.10 Å². The third-order valence-electron chi connectivity index (χ3n) is 4.32. The van der Waals surface area contributed by atoms with E-state index >= 15 is 0 Å². The lowest BCUT2D eigenvalue weighted by atomic mass is 10.2. The molecule has 1 aromatic heterocycles. The molecule has 1 fully saturated rings. The zero-order valence-corrected chi connectivity index (χ0v) is 14.7. The van der Waals surface area contributed by atoms with Crippen molar-refractivity contribution in [1.29, 1.82) is 5.26 Å². The summed E-state index contributed by atoms with van der Waals surface area (Å²) in [5.74, 6) is 1.49. The Morgan fingerprint density at radius 3 is 2.96 bits per heavy atom. The zero-order valence-electron chi connectivity index (χ0n) is 14.7. The molecule has 25 heavy (non-hydrogen) atoms. The molecule has 0 saturated carbocycles. The van der Waals surface area contributed by atoms with Crippen LogP contribution in [-0.4, -0.2) is 36.3 Å². The van der Waals surface area contributed by atoms with Gasteiger partial charge in [-0.2, -0.15) is 10.2 Å². The number of aromatic nitrogens is 2. The van der Waals surface area contributed by atoms with Crippen LogP contribution < -0.4 is 10.2 Å². The number of nitrogens with zero attached hydrogens (tertiary/aromatic N) is 4. The van der Waals surface area contributed by atoms with Crippen molar-refractivity contribution in [2.75, 3.05) is 30.4 Å². The molecule has 3 rings (SSSR count). The molecule has 0 amide bonds.